The highest BCUT2D eigenvalue weighted by molar-refractivity contribution is 5.94. The van der Waals surface area contributed by atoms with Crippen molar-refractivity contribution in [2.24, 2.45) is 5.92 Å². The molecule has 138 valence electrons. The van der Waals surface area contributed by atoms with Crippen LogP contribution in [-0.4, -0.2) is 24.0 Å². The lowest BCUT2D eigenvalue weighted by molar-refractivity contribution is -0.125. The second-order valence-electron chi connectivity index (χ2n) is 6.62. The summed E-state index contributed by atoms with van der Waals surface area (Å²) < 4.78 is 10.8. The number of esters is 1. The molecule has 27 heavy (non-hydrogen) atoms. The van der Waals surface area contributed by atoms with Crippen molar-refractivity contribution in [2.75, 3.05) is 6.61 Å². The van der Waals surface area contributed by atoms with Gasteiger partial charge in [-0.15, -0.1) is 0 Å². The lowest BCUT2D eigenvalue weighted by Gasteiger charge is -2.22. The Balaban J connectivity index is 1.61. The molecule has 0 spiro atoms. The number of rotatable bonds is 7. The molecule has 0 aromatic heterocycles. The Morgan fingerprint density at radius 2 is 1.81 bits per heavy atom. The number of carbonyl (C=O) groups excluding carboxylic acids is 2. The van der Waals surface area contributed by atoms with Crippen LogP contribution in [0, 0.1) is 17.2 Å². The molecule has 3 rings (SSSR count). The molecule has 1 saturated carbocycles. The third kappa shape index (κ3) is 4.64. The average molecular weight is 364 g/mol. The van der Waals surface area contributed by atoms with Crippen LogP contribution in [0.1, 0.15) is 30.1 Å². The summed E-state index contributed by atoms with van der Waals surface area (Å²) in [4.78, 5) is 24.5. The van der Waals surface area contributed by atoms with Gasteiger partial charge in [-0.05, 0) is 49.9 Å². The number of ether oxygens (including phenoxy) is 2. The molecule has 0 bridgehead atoms. The van der Waals surface area contributed by atoms with Crippen molar-refractivity contribution in [3.63, 3.8) is 0 Å². The summed E-state index contributed by atoms with van der Waals surface area (Å²) in [6, 6.07) is 17.9. The highest BCUT2D eigenvalue weighted by atomic mass is 16.5. The van der Waals surface area contributed by atoms with Gasteiger partial charge in [0, 0.05) is 0 Å². The molecule has 1 aliphatic carbocycles. The number of nitriles is 1. The van der Waals surface area contributed by atoms with Crippen molar-refractivity contribution in [3.8, 4) is 17.6 Å². The molecule has 0 aliphatic heterocycles. The van der Waals surface area contributed by atoms with E-state index in [1.807, 2.05) is 18.2 Å². The van der Waals surface area contributed by atoms with Gasteiger partial charge in [0.05, 0.1) is 6.07 Å². The summed E-state index contributed by atoms with van der Waals surface area (Å²) in [6.45, 7) is 1.23. The Labute approximate surface area is 157 Å². The zero-order valence-electron chi connectivity index (χ0n) is 15.0. The van der Waals surface area contributed by atoms with Crippen LogP contribution in [0.15, 0.2) is 54.6 Å². The van der Waals surface area contributed by atoms with E-state index < -0.39 is 24.0 Å². The molecule has 1 fully saturated rings. The highest BCUT2D eigenvalue weighted by Crippen LogP contribution is 2.39. The fourth-order valence-corrected chi connectivity index (χ4v) is 2.76. The molecular formula is C21H20N2O4. The number of carbonyl (C=O) groups is 2. The maximum absolute atomic E-state index is 12.4. The molecule has 0 heterocycles. The van der Waals surface area contributed by atoms with Crippen LogP contribution < -0.4 is 10.1 Å². The first-order chi connectivity index (χ1) is 13.0. The smallest absolute Gasteiger partial charge is 0.342 e. The average Bonchev–Trinajstić information content (AvgIpc) is 3.53. The normalized spacial score (nSPS) is 15.1. The van der Waals surface area contributed by atoms with E-state index in [0.29, 0.717) is 11.5 Å². The molecule has 1 atom stereocenters. The highest BCUT2D eigenvalue weighted by Gasteiger charge is 2.43. The summed E-state index contributed by atoms with van der Waals surface area (Å²) in [5.41, 5.74) is -0.697. The van der Waals surface area contributed by atoms with Crippen molar-refractivity contribution < 1.29 is 19.1 Å². The molecular weight excluding hydrogens is 344 g/mol. The third-order valence-corrected chi connectivity index (χ3v) is 4.44. The quantitative estimate of drug-likeness (QED) is 0.760. The van der Waals surface area contributed by atoms with Crippen molar-refractivity contribution in [1.82, 2.24) is 5.32 Å². The topological polar surface area (TPSA) is 88.4 Å². The molecule has 1 amide bonds. The monoisotopic (exact) mass is 364 g/mol. The van der Waals surface area contributed by atoms with Crippen LogP contribution in [0.3, 0.4) is 0 Å². The first-order valence-electron chi connectivity index (χ1n) is 8.73. The number of amides is 1. The zero-order chi connectivity index (χ0) is 19.3. The fraction of sp³-hybridized carbons (Fsp3) is 0.286. The van der Waals surface area contributed by atoms with Gasteiger partial charge >= 0.3 is 5.97 Å². The van der Waals surface area contributed by atoms with Gasteiger partial charge in [0.2, 0.25) is 0 Å². The van der Waals surface area contributed by atoms with E-state index in [9.17, 15) is 14.9 Å². The molecule has 6 heteroatoms. The van der Waals surface area contributed by atoms with Gasteiger partial charge in [0.15, 0.2) is 6.61 Å². The molecule has 2 aromatic rings. The van der Waals surface area contributed by atoms with E-state index in [1.165, 1.54) is 0 Å². The van der Waals surface area contributed by atoms with Gasteiger partial charge in [-0.25, -0.2) is 4.79 Å². The molecule has 0 radical (unpaired) electrons. The summed E-state index contributed by atoms with van der Waals surface area (Å²) in [6.07, 6.45) is 1.82. The maximum atomic E-state index is 12.4. The molecule has 0 unspecified atom stereocenters. The summed E-state index contributed by atoms with van der Waals surface area (Å²) in [5, 5.41) is 11.9. The summed E-state index contributed by atoms with van der Waals surface area (Å²) in [7, 11) is 0. The van der Waals surface area contributed by atoms with E-state index in [2.05, 4.69) is 11.4 Å². The number of nitrogens with zero attached hydrogens (tertiary/aromatic N) is 1. The van der Waals surface area contributed by atoms with Crippen LogP contribution in [0.25, 0.3) is 0 Å². The first-order valence-corrected chi connectivity index (χ1v) is 8.73. The molecule has 2 aromatic carbocycles. The Kier molecular flexibility index (Phi) is 5.41. The number of benzene rings is 2. The number of hydrogen-bond acceptors (Lipinski definition) is 5. The molecule has 6 nitrogen and oxygen atoms in total. The SMILES string of the molecule is C[C@@](C#N)(NC(=O)COC(=O)c1ccccc1Oc1ccccc1)C1CC1. The molecule has 1 aliphatic rings. The van der Waals surface area contributed by atoms with Gasteiger partial charge in [-0.3, -0.25) is 4.79 Å². The Hall–Kier alpha value is -3.33. The van der Waals surface area contributed by atoms with Crippen LogP contribution >= 0.6 is 0 Å². The largest absolute Gasteiger partial charge is 0.456 e. The summed E-state index contributed by atoms with van der Waals surface area (Å²) >= 11 is 0. The Morgan fingerprint density at radius 1 is 1.15 bits per heavy atom. The zero-order valence-corrected chi connectivity index (χ0v) is 15.0. The second-order valence-corrected chi connectivity index (χ2v) is 6.62. The second kappa shape index (κ2) is 7.92. The van der Waals surface area contributed by atoms with E-state index >= 15 is 0 Å². The van der Waals surface area contributed by atoms with Crippen molar-refractivity contribution in [2.45, 2.75) is 25.3 Å². The van der Waals surface area contributed by atoms with Crippen LogP contribution in [0.4, 0.5) is 0 Å². The summed E-state index contributed by atoms with van der Waals surface area (Å²) in [5.74, 6) is -0.0802. The fourth-order valence-electron chi connectivity index (χ4n) is 2.76. The van der Waals surface area contributed by atoms with E-state index in [-0.39, 0.29) is 11.5 Å². The van der Waals surface area contributed by atoms with Crippen molar-refractivity contribution in [1.29, 1.82) is 5.26 Å². The lowest BCUT2D eigenvalue weighted by atomic mass is 9.98. The van der Waals surface area contributed by atoms with E-state index in [4.69, 9.17) is 9.47 Å². The van der Waals surface area contributed by atoms with E-state index in [0.717, 1.165) is 12.8 Å². The lowest BCUT2D eigenvalue weighted by Crippen LogP contribution is -2.48. The third-order valence-electron chi connectivity index (χ3n) is 4.44. The predicted molar refractivity (Wildman–Crippen MR) is 98.1 cm³/mol. The standard InChI is InChI=1S/C21H20N2O4/c1-21(14-22,15-11-12-15)23-19(24)13-26-20(25)17-9-5-6-10-18(17)27-16-7-3-2-4-8-16/h2-10,15H,11-13H2,1H3,(H,23,24)/t21-/m0/s1. The minimum Gasteiger partial charge on any atom is -0.456 e. The van der Waals surface area contributed by atoms with Crippen molar-refractivity contribution >= 4 is 11.9 Å². The minimum absolute atomic E-state index is 0.155. The Bertz CT molecular complexity index is 871. The predicted octanol–water partition coefficient (Wildman–Crippen LogP) is 3.44. The molecule has 1 N–H and O–H groups in total. The van der Waals surface area contributed by atoms with Gasteiger partial charge in [0.25, 0.3) is 5.91 Å². The minimum atomic E-state index is -0.919. The number of hydrogen-bond donors (Lipinski definition) is 1. The van der Waals surface area contributed by atoms with Gasteiger partial charge in [-0.2, -0.15) is 5.26 Å². The van der Waals surface area contributed by atoms with Crippen molar-refractivity contribution in [3.05, 3.63) is 60.2 Å². The van der Waals surface area contributed by atoms with Crippen LogP contribution in [0.2, 0.25) is 0 Å². The van der Waals surface area contributed by atoms with Crippen LogP contribution in [0.5, 0.6) is 11.5 Å². The van der Waals surface area contributed by atoms with Crippen LogP contribution in [-0.2, 0) is 9.53 Å². The Morgan fingerprint density at radius 3 is 2.48 bits per heavy atom. The molecule has 0 saturated heterocycles. The van der Waals surface area contributed by atoms with E-state index in [1.54, 1.807) is 43.3 Å². The number of para-hydroxylation sites is 2. The van der Waals surface area contributed by atoms with Gasteiger partial charge in [-0.1, -0.05) is 30.3 Å². The number of nitrogens with one attached hydrogen (secondary N) is 1. The van der Waals surface area contributed by atoms with Gasteiger partial charge < -0.3 is 14.8 Å². The maximum Gasteiger partial charge on any atom is 0.342 e. The van der Waals surface area contributed by atoms with Gasteiger partial charge in [0.1, 0.15) is 22.6 Å². The first kappa shape index (κ1) is 18.5.